The number of hydrogen-bond donors (Lipinski definition) is 2. The second-order valence-electron chi connectivity index (χ2n) is 10.0. The van der Waals surface area contributed by atoms with Crippen LogP contribution in [-0.4, -0.2) is 114 Å². The normalized spacial score (nSPS) is 15.4. The van der Waals surface area contributed by atoms with E-state index >= 15 is 4.39 Å². The predicted octanol–water partition coefficient (Wildman–Crippen LogP) is 1.03. The summed E-state index contributed by atoms with van der Waals surface area (Å²) in [6.07, 6.45) is 2.26. The van der Waals surface area contributed by atoms with Gasteiger partial charge in [0.05, 0.1) is 35.0 Å². The number of Topliss-reactive ketones (excluding diaryl/α,β-unsaturated/α-hetero) is 1. The van der Waals surface area contributed by atoms with E-state index in [1.165, 1.54) is 22.1 Å². The molecule has 0 saturated carbocycles. The SMILES string of the molecule is O=C(C(=O)N1CCN(c2nnnn2-c2ccccc2)CC1)c1c[nH]c2c(-c3cc(C(=O)N4CCOC4)[nH]n3)ncc(F)c12. The number of carbonyl (C=O) groups excluding carboxylic acids is 3. The Morgan fingerprint density at radius 1 is 1.00 bits per heavy atom. The molecule has 6 heterocycles. The third-order valence-corrected chi connectivity index (χ3v) is 7.50. The molecule has 2 aliphatic heterocycles. The van der Waals surface area contributed by atoms with Crippen LogP contribution in [0, 0.1) is 5.82 Å². The van der Waals surface area contributed by atoms with Crippen molar-refractivity contribution in [3.63, 3.8) is 0 Å². The summed E-state index contributed by atoms with van der Waals surface area (Å²) in [5.74, 6) is -2.13. The van der Waals surface area contributed by atoms with Crippen LogP contribution in [0.2, 0.25) is 0 Å². The first kappa shape index (κ1) is 26.4. The minimum absolute atomic E-state index is 0.0761. The summed E-state index contributed by atoms with van der Waals surface area (Å²) in [5, 5.41) is 18.8. The van der Waals surface area contributed by atoms with Crippen molar-refractivity contribution < 1.29 is 23.5 Å². The Morgan fingerprint density at radius 2 is 1.81 bits per heavy atom. The van der Waals surface area contributed by atoms with Crippen molar-refractivity contribution in [2.75, 3.05) is 51.0 Å². The molecule has 0 aliphatic carbocycles. The van der Waals surface area contributed by atoms with E-state index in [1.807, 2.05) is 35.2 Å². The summed E-state index contributed by atoms with van der Waals surface area (Å²) in [6, 6.07) is 10.9. The Morgan fingerprint density at radius 3 is 2.58 bits per heavy atom. The third-order valence-electron chi connectivity index (χ3n) is 7.50. The summed E-state index contributed by atoms with van der Waals surface area (Å²) >= 11 is 0. The Bertz CT molecular complexity index is 1840. The fraction of sp³-hybridized carbons (Fsp3) is 0.259. The number of piperazine rings is 1. The van der Waals surface area contributed by atoms with Crippen LogP contribution in [0.1, 0.15) is 20.8 Å². The number of halogens is 1. The number of tetrazole rings is 1. The van der Waals surface area contributed by atoms with Crippen molar-refractivity contribution in [1.29, 1.82) is 0 Å². The van der Waals surface area contributed by atoms with Crippen molar-refractivity contribution >= 4 is 34.4 Å². The first-order valence-corrected chi connectivity index (χ1v) is 13.5. The van der Waals surface area contributed by atoms with Gasteiger partial charge in [-0.05, 0) is 28.6 Å². The van der Waals surface area contributed by atoms with Crippen molar-refractivity contribution in [2.45, 2.75) is 0 Å². The molecule has 5 aromatic rings. The average Bonchev–Trinajstić information content (AvgIpc) is 3.87. The number of ether oxygens (including phenoxy) is 1. The molecule has 2 fully saturated rings. The minimum atomic E-state index is -0.850. The van der Waals surface area contributed by atoms with Gasteiger partial charge in [0, 0.05) is 38.9 Å². The zero-order valence-corrected chi connectivity index (χ0v) is 22.6. The zero-order chi connectivity index (χ0) is 29.5. The number of fused-ring (bicyclic) bond motifs is 1. The highest BCUT2D eigenvalue weighted by atomic mass is 19.1. The van der Waals surface area contributed by atoms with Gasteiger partial charge in [0.2, 0.25) is 5.95 Å². The number of ketones is 1. The molecule has 16 heteroatoms. The van der Waals surface area contributed by atoms with Crippen LogP contribution in [0.5, 0.6) is 0 Å². The molecular formula is C27H24FN11O4. The Balaban J connectivity index is 1.08. The van der Waals surface area contributed by atoms with E-state index < -0.39 is 17.5 Å². The molecule has 1 aromatic carbocycles. The average molecular weight is 586 g/mol. The fourth-order valence-electron chi connectivity index (χ4n) is 5.26. The van der Waals surface area contributed by atoms with E-state index in [0.717, 1.165) is 11.9 Å². The van der Waals surface area contributed by atoms with Crippen LogP contribution < -0.4 is 4.90 Å². The summed E-state index contributed by atoms with van der Waals surface area (Å²) in [7, 11) is 0. The van der Waals surface area contributed by atoms with E-state index in [9.17, 15) is 14.4 Å². The topological polar surface area (TPSA) is 171 Å². The number of aromatic amines is 2. The van der Waals surface area contributed by atoms with Gasteiger partial charge in [-0.15, -0.1) is 0 Å². The molecule has 218 valence electrons. The van der Waals surface area contributed by atoms with Gasteiger partial charge in [-0.3, -0.25) is 19.5 Å². The molecule has 2 N–H and O–H groups in total. The molecule has 2 saturated heterocycles. The van der Waals surface area contributed by atoms with Crippen molar-refractivity contribution in [3.8, 4) is 17.1 Å². The van der Waals surface area contributed by atoms with Crippen LogP contribution in [0.25, 0.3) is 28.0 Å². The molecule has 7 rings (SSSR count). The summed E-state index contributed by atoms with van der Waals surface area (Å²) in [5.41, 5.74) is 1.58. The van der Waals surface area contributed by atoms with Gasteiger partial charge in [0.1, 0.15) is 23.8 Å². The van der Waals surface area contributed by atoms with Gasteiger partial charge in [0.15, 0.2) is 5.82 Å². The van der Waals surface area contributed by atoms with Gasteiger partial charge < -0.3 is 24.4 Å². The molecule has 0 bridgehead atoms. The predicted molar refractivity (Wildman–Crippen MR) is 148 cm³/mol. The Hall–Kier alpha value is -5.51. The van der Waals surface area contributed by atoms with Crippen molar-refractivity contribution in [3.05, 3.63) is 65.9 Å². The van der Waals surface area contributed by atoms with E-state index in [4.69, 9.17) is 4.74 Å². The van der Waals surface area contributed by atoms with Crippen LogP contribution in [0.4, 0.5) is 10.3 Å². The molecule has 43 heavy (non-hydrogen) atoms. The lowest BCUT2D eigenvalue weighted by molar-refractivity contribution is -0.126. The highest BCUT2D eigenvalue weighted by Gasteiger charge is 2.32. The van der Waals surface area contributed by atoms with E-state index in [0.29, 0.717) is 32.2 Å². The fourth-order valence-corrected chi connectivity index (χ4v) is 5.26. The molecule has 4 aromatic heterocycles. The maximum absolute atomic E-state index is 15.1. The molecule has 0 atom stereocenters. The summed E-state index contributed by atoms with van der Waals surface area (Å²) in [6.45, 7) is 2.38. The lowest BCUT2D eigenvalue weighted by Gasteiger charge is -2.34. The van der Waals surface area contributed by atoms with E-state index in [2.05, 4.69) is 35.7 Å². The molecule has 0 unspecified atom stereocenters. The van der Waals surface area contributed by atoms with Crippen LogP contribution >= 0.6 is 0 Å². The number of anilines is 1. The number of amides is 2. The first-order chi connectivity index (χ1) is 21.0. The molecule has 0 radical (unpaired) electrons. The molecule has 0 spiro atoms. The number of nitrogens with one attached hydrogen (secondary N) is 2. The summed E-state index contributed by atoms with van der Waals surface area (Å²) in [4.78, 5) is 51.3. The van der Waals surface area contributed by atoms with Crippen LogP contribution in [0.15, 0.2) is 48.8 Å². The standard InChI is InChI=1S/C27H24FN11O4/c28-18-14-30-22(19-12-20(32-31-19)25(41)38-10-11-43-15-38)23-21(18)17(13-29-23)24(40)26(42)36-6-8-37(9-7-36)27-33-34-35-39(27)16-4-2-1-3-5-16/h1-5,12-14,29H,6-11,15H2,(H,31,32). The number of pyridine rings is 1. The highest BCUT2D eigenvalue weighted by molar-refractivity contribution is 6.45. The van der Waals surface area contributed by atoms with Gasteiger partial charge in [-0.2, -0.15) is 9.78 Å². The molecule has 2 aliphatic rings. The van der Waals surface area contributed by atoms with Crippen molar-refractivity contribution in [2.24, 2.45) is 0 Å². The number of rotatable bonds is 6. The van der Waals surface area contributed by atoms with Gasteiger partial charge in [-0.1, -0.05) is 23.3 Å². The van der Waals surface area contributed by atoms with Gasteiger partial charge in [-0.25, -0.2) is 9.37 Å². The zero-order valence-electron chi connectivity index (χ0n) is 22.6. The number of nitrogens with zero attached hydrogens (tertiary/aromatic N) is 9. The monoisotopic (exact) mass is 585 g/mol. The number of benzene rings is 1. The highest BCUT2D eigenvalue weighted by Crippen LogP contribution is 2.30. The lowest BCUT2D eigenvalue weighted by Crippen LogP contribution is -2.51. The quantitative estimate of drug-likeness (QED) is 0.217. The molecule has 15 nitrogen and oxygen atoms in total. The van der Waals surface area contributed by atoms with Crippen LogP contribution in [-0.2, 0) is 9.53 Å². The third kappa shape index (κ3) is 4.66. The largest absolute Gasteiger partial charge is 0.359 e. The number of carbonyl (C=O) groups is 3. The number of hydrogen-bond acceptors (Lipinski definition) is 10. The summed E-state index contributed by atoms with van der Waals surface area (Å²) < 4.78 is 21.9. The lowest BCUT2D eigenvalue weighted by atomic mass is 10.1. The van der Waals surface area contributed by atoms with Gasteiger partial charge in [0.25, 0.3) is 17.6 Å². The minimum Gasteiger partial charge on any atom is -0.359 e. The maximum atomic E-state index is 15.1. The molecular weight excluding hydrogens is 561 g/mol. The Kier molecular flexibility index (Phi) is 6.58. The number of aromatic nitrogens is 8. The van der Waals surface area contributed by atoms with Crippen molar-refractivity contribution in [1.82, 2.24) is 50.2 Å². The maximum Gasteiger partial charge on any atom is 0.295 e. The first-order valence-electron chi connectivity index (χ1n) is 13.5. The smallest absolute Gasteiger partial charge is 0.295 e. The molecule has 2 amide bonds. The Labute approximate surface area is 242 Å². The van der Waals surface area contributed by atoms with Gasteiger partial charge >= 0.3 is 0 Å². The van der Waals surface area contributed by atoms with E-state index in [1.54, 1.807) is 4.68 Å². The second kappa shape index (κ2) is 10.7. The van der Waals surface area contributed by atoms with E-state index in [-0.39, 0.29) is 59.3 Å². The second-order valence-corrected chi connectivity index (χ2v) is 10.0. The number of para-hydroxylation sites is 1. The number of H-pyrrole nitrogens is 2. The van der Waals surface area contributed by atoms with Crippen LogP contribution in [0.3, 0.4) is 0 Å².